The van der Waals surface area contributed by atoms with Gasteiger partial charge in [0.25, 0.3) is 5.56 Å². The lowest BCUT2D eigenvalue weighted by atomic mass is 9.91. The average Bonchev–Trinajstić information content (AvgIpc) is 2.17. The molecule has 2 heterocycles. The maximum atomic E-state index is 12.0. The van der Waals surface area contributed by atoms with Gasteiger partial charge in [-0.15, -0.1) is 0 Å². The highest BCUT2D eigenvalue weighted by molar-refractivity contribution is 5.14. The molecule has 0 radical (unpaired) electrons. The van der Waals surface area contributed by atoms with Gasteiger partial charge < -0.3 is 0 Å². The van der Waals surface area contributed by atoms with E-state index in [1.165, 1.54) is 0 Å². The maximum Gasteiger partial charge on any atom is 0.253 e. The van der Waals surface area contributed by atoms with Crippen LogP contribution in [0.1, 0.15) is 45.6 Å². The van der Waals surface area contributed by atoms with Gasteiger partial charge in [0.05, 0.1) is 5.69 Å². The summed E-state index contributed by atoms with van der Waals surface area (Å²) in [5.74, 6) is 1.56. The molecule has 3 nitrogen and oxygen atoms in total. The largest absolute Gasteiger partial charge is 0.296 e. The summed E-state index contributed by atoms with van der Waals surface area (Å²) >= 11 is 0. The Hall–Kier alpha value is -1.12. The molecule has 0 spiro atoms. The number of aromatic nitrogens is 2. The molecule has 1 aliphatic rings. The zero-order chi connectivity index (χ0) is 11.9. The van der Waals surface area contributed by atoms with Gasteiger partial charge in [0.2, 0.25) is 0 Å². The molecule has 0 amide bonds. The lowest BCUT2D eigenvalue weighted by molar-refractivity contribution is 0.374. The molecule has 3 heteroatoms. The second-order valence-corrected chi connectivity index (χ2v) is 5.90. The van der Waals surface area contributed by atoms with E-state index in [-0.39, 0.29) is 11.0 Å². The molecule has 88 valence electrons. The summed E-state index contributed by atoms with van der Waals surface area (Å²) in [4.78, 5) is 16.6. The van der Waals surface area contributed by atoms with E-state index in [9.17, 15) is 4.79 Å². The third-order valence-corrected chi connectivity index (χ3v) is 3.21. The second-order valence-electron chi connectivity index (χ2n) is 5.90. The van der Waals surface area contributed by atoms with Crippen molar-refractivity contribution in [2.75, 3.05) is 0 Å². The van der Waals surface area contributed by atoms with Crippen molar-refractivity contribution in [3.05, 3.63) is 27.9 Å². The number of rotatable bonds is 0. The fraction of sp³-hybridized carbons (Fsp3) is 0.692. The minimum Gasteiger partial charge on any atom is -0.296 e. The van der Waals surface area contributed by atoms with Crippen molar-refractivity contribution >= 4 is 0 Å². The number of hydrogen-bond donors (Lipinski definition) is 0. The van der Waals surface area contributed by atoms with Gasteiger partial charge >= 0.3 is 0 Å². The standard InChI is InChI=1S/C13H20N2O/c1-9-5-6-11-14-10(13(2,3)4)7-12(16)15(11)8-9/h7,9H,5-6,8H2,1-4H3/t9-/m0/s1. The molecule has 0 bridgehead atoms. The molecule has 1 aromatic heterocycles. The molecule has 0 saturated carbocycles. The van der Waals surface area contributed by atoms with Crippen LogP contribution >= 0.6 is 0 Å². The van der Waals surface area contributed by atoms with Gasteiger partial charge in [0.15, 0.2) is 0 Å². The van der Waals surface area contributed by atoms with E-state index in [2.05, 4.69) is 32.7 Å². The Labute approximate surface area is 96.5 Å². The van der Waals surface area contributed by atoms with Crippen LogP contribution < -0.4 is 5.56 Å². The van der Waals surface area contributed by atoms with Crippen molar-refractivity contribution in [1.29, 1.82) is 0 Å². The van der Waals surface area contributed by atoms with Gasteiger partial charge in [-0.25, -0.2) is 4.98 Å². The van der Waals surface area contributed by atoms with Gasteiger partial charge in [-0.3, -0.25) is 9.36 Å². The van der Waals surface area contributed by atoms with Crippen LogP contribution in [0.2, 0.25) is 0 Å². The summed E-state index contributed by atoms with van der Waals surface area (Å²) in [5.41, 5.74) is 0.984. The van der Waals surface area contributed by atoms with Gasteiger partial charge in [-0.1, -0.05) is 27.7 Å². The van der Waals surface area contributed by atoms with E-state index in [1.54, 1.807) is 6.07 Å². The predicted molar refractivity (Wildman–Crippen MR) is 64.7 cm³/mol. The molecule has 0 aliphatic carbocycles. The Balaban J connectivity index is 2.51. The monoisotopic (exact) mass is 220 g/mol. The van der Waals surface area contributed by atoms with Gasteiger partial charge in [0.1, 0.15) is 5.82 Å². The van der Waals surface area contributed by atoms with Crippen LogP contribution in [0.15, 0.2) is 10.9 Å². The van der Waals surface area contributed by atoms with Crippen molar-refractivity contribution < 1.29 is 0 Å². The Morgan fingerprint density at radius 1 is 1.44 bits per heavy atom. The van der Waals surface area contributed by atoms with Gasteiger partial charge in [-0.2, -0.15) is 0 Å². The van der Waals surface area contributed by atoms with Crippen molar-refractivity contribution in [3.63, 3.8) is 0 Å². The summed E-state index contributed by atoms with van der Waals surface area (Å²) in [6.45, 7) is 9.30. The number of aryl methyl sites for hydroxylation is 1. The van der Waals surface area contributed by atoms with Crippen LogP contribution in [0.5, 0.6) is 0 Å². The van der Waals surface area contributed by atoms with E-state index < -0.39 is 0 Å². The first-order valence-corrected chi connectivity index (χ1v) is 5.99. The number of hydrogen-bond acceptors (Lipinski definition) is 2. The van der Waals surface area contributed by atoms with Crippen molar-refractivity contribution in [1.82, 2.24) is 9.55 Å². The van der Waals surface area contributed by atoms with E-state index in [1.807, 2.05) is 4.57 Å². The van der Waals surface area contributed by atoms with E-state index in [0.29, 0.717) is 5.92 Å². The third kappa shape index (κ3) is 2.04. The Bertz CT molecular complexity index is 454. The van der Waals surface area contributed by atoms with E-state index in [0.717, 1.165) is 30.9 Å². The molecule has 0 N–H and O–H groups in total. The SMILES string of the molecule is C[C@H]1CCc2nc(C(C)(C)C)cc(=O)n2C1. The Morgan fingerprint density at radius 3 is 2.75 bits per heavy atom. The highest BCUT2D eigenvalue weighted by atomic mass is 16.1. The van der Waals surface area contributed by atoms with Crippen LogP contribution in [-0.2, 0) is 18.4 Å². The molecule has 16 heavy (non-hydrogen) atoms. The zero-order valence-electron chi connectivity index (χ0n) is 10.6. The first-order chi connectivity index (χ1) is 7.38. The normalized spacial score (nSPS) is 20.6. The lowest BCUT2D eigenvalue weighted by Gasteiger charge is -2.25. The Kier molecular flexibility index (Phi) is 2.64. The molecule has 0 aromatic carbocycles. The maximum absolute atomic E-state index is 12.0. The van der Waals surface area contributed by atoms with E-state index >= 15 is 0 Å². The van der Waals surface area contributed by atoms with Gasteiger partial charge in [-0.05, 0) is 12.3 Å². The molecular formula is C13H20N2O. The average molecular weight is 220 g/mol. The lowest BCUT2D eigenvalue weighted by Crippen LogP contribution is -2.33. The minimum atomic E-state index is -0.0438. The minimum absolute atomic E-state index is 0.0438. The highest BCUT2D eigenvalue weighted by Crippen LogP contribution is 2.21. The summed E-state index contributed by atoms with van der Waals surface area (Å²) < 4.78 is 1.84. The second kappa shape index (κ2) is 3.72. The molecule has 1 aromatic rings. The highest BCUT2D eigenvalue weighted by Gasteiger charge is 2.22. The zero-order valence-corrected chi connectivity index (χ0v) is 10.6. The fourth-order valence-corrected chi connectivity index (χ4v) is 2.10. The number of nitrogens with zero attached hydrogens (tertiary/aromatic N) is 2. The van der Waals surface area contributed by atoms with Gasteiger partial charge in [0, 0.05) is 24.4 Å². The first-order valence-electron chi connectivity index (χ1n) is 5.99. The summed E-state index contributed by atoms with van der Waals surface area (Å²) in [6.07, 6.45) is 2.07. The molecule has 1 atom stereocenters. The molecule has 2 rings (SSSR count). The smallest absolute Gasteiger partial charge is 0.253 e. The van der Waals surface area contributed by atoms with Crippen LogP contribution in [0, 0.1) is 5.92 Å². The predicted octanol–water partition coefficient (Wildman–Crippen LogP) is 2.12. The van der Waals surface area contributed by atoms with E-state index in [4.69, 9.17) is 0 Å². The first kappa shape index (κ1) is 11.4. The molecule has 0 saturated heterocycles. The summed E-state index contributed by atoms with van der Waals surface area (Å²) in [7, 11) is 0. The molecule has 1 aliphatic heterocycles. The topological polar surface area (TPSA) is 34.9 Å². The van der Waals surface area contributed by atoms with Crippen LogP contribution in [-0.4, -0.2) is 9.55 Å². The van der Waals surface area contributed by atoms with Crippen molar-refractivity contribution in [2.45, 2.75) is 52.5 Å². The Morgan fingerprint density at radius 2 is 2.12 bits per heavy atom. The molecular weight excluding hydrogens is 200 g/mol. The molecule has 0 unspecified atom stereocenters. The quantitative estimate of drug-likeness (QED) is 0.671. The van der Waals surface area contributed by atoms with Crippen LogP contribution in [0.25, 0.3) is 0 Å². The summed E-state index contributed by atoms with van der Waals surface area (Å²) in [5, 5.41) is 0. The number of fused-ring (bicyclic) bond motifs is 1. The van der Waals surface area contributed by atoms with Crippen LogP contribution in [0.4, 0.5) is 0 Å². The van der Waals surface area contributed by atoms with Crippen LogP contribution in [0.3, 0.4) is 0 Å². The molecule has 0 fully saturated rings. The van der Waals surface area contributed by atoms with Crippen molar-refractivity contribution in [2.24, 2.45) is 5.92 Å². The summed E-state index contributed by atoms with van der Waals surface area (Å²) in [6, 6.07) is 1.70. The van der Waals surface area contributed by atoms with Crippen molar-refractivity contribution in [3.8, 4) is 0 Å². The fourth-order valence-electron chi connectivity index (χ4n) is 2.10. The third-order valence-electron chi connectivity index (χ3n) is 3.21.